The number of hydrogen-bond acceptors (Lipinski definition) is 4. The Morgan fingerprint density at radius 2 is 2.25 bits per heavy atom. The van der Waals surface area contributed by atoms with Crippen molar-refractivity contribution in [2.45, 2.75) is 6.42 Å². The van der Waals surface area contributed by atoms with Gasteiger partial charge in [-0.05, 0) is 0 Å². The number of carbonyl (C=O) groups is 1. The van der Waals surface area contributed by atoms with Crippen molar-refractivity contribution in [3.05, 3.63) is 12.2 Å². The van der Waals surface area contributed by atoms with Crippen LogP contribution in [0, 0.1) is 11.3 Å². The summed E-state index contributed by atoms with van der Waals surface area (Å²) in [7, 11) is 1.57. The standard InChI is InChI=1S/C8H11NO3/c1-7(6-9)8(10)12-5-3-4-11-2/h1,3-5H2,2H3. The van der Waals surface area contributed by atoms with E-state index in [4.69, 9.17) is 10.00 Å². The molecule has 0 fully saturated rings. The molecule has 4 heteroatoms. The monoisotopic (exact) mass is 169 g/mol. The number of nitrogens with zero attached hydrogens (tertiary/aromatic N) is 1. The van der Waals surface area contributed by atoms with E-state index in [0.717, 1.165) is 0 Å². The summed E-state index contributed by atoms with van der Waals surface area (Å²) < 4.78 is 9.39. The second-order valence-corrected chi connectivity index (χ2v) is 2.07. The van der Waals surface area contributed by atoms with Crippen LogP contribution in [0.3, 0.4) is 0 Å². The Hall–Kier alpha value is -1.34. The minimum Gasteiger partial charge on any atom is -0.461 e. The molecule has 0 amide bonds. The minimum atomic E-state index is -0.659. The highest BCUT2D eigenvalue weighted by Crippen LogP contribution is 1.93. The fourth-order valence-corrected chi connectivity index (χ4v) is 0.501. The lowest BCUT2D eigenvalue weighted by Crippen LogP contribution is -2.08. The van der Waals surface area contributed by atoms with Gasteiger partial charge in [0.25, 0.3) is 0 Å². The minimum absolute atomic E-state index is 0.174. The molecule has 0 bridgehead atoms. The van der Waals surface area contributed by atoms with Gasteiger partial charge in [-0.1, -0.05) is 6.58 Å². The van der Waals surface area contributed by atoms with E-state index >= 15 is 0 Å². The largest absolute Gasteiger partial charge is 0.461 e. The van der Waals surface area contributed by atoms with Gasteiger partial charge in [0.2, 0.25) is 0 Å². The number of hydrogen-bond donors (Lipinski definition) is 0. The molecular weight excluding hydrogens is 158 g/mol. The molecule has 0 aliphatic carbocycles. The van der Waals surface area contributed by atoms with E-state index in [1.165, 1.54) is 0 Å². The van der Waals surface area contributed by atoms with Crippen LogP contribution in [-0.2, 0) is 14.3 Å². The number of nitriles is 1. The average Bonchev–Trinajstić information content (AvgIpc) is 2.10. The van der Waals surface area contributed by atoms with Gasteiger partial charge >= 0.3 is 5.97 Å². The molecule has 0 aromatic rings. The van der Waals surface area contributed by atoms with Crippen molar-refractivity contribution >= 4 is 5.97 Å². The topological polar surface area (TPSA) is 59.3 Å². The molecule has 0 rings (SSSR count). The Bertz CT molecular complexity index is 205. The Morgan fingerprint density at radius 3 is 2.75 bits per heavy atom. The smallest absolute Gasteiger partial charge is 0.348 e. The van der Waals surface area contributed by atoms with Crippen molar-refractivity contribution in [3.63, 3.8) is 0 Å². The third-order valence-electron chi connectivity index (χ3n) is 1.11. The molecule has 0 aliphatic heterocycles. The molecule has 0 aliphatic rings. The molecule has 0 saturated heterocycles. The van der Waals surface area contributed by atoms with Crippen LogP contribution in [-0.4, -0.2) is 26.3 Å². The molecule has 4 nitrogen and oxygen atoms in total. The predicted octanol–water partition coefficient (Wildman–Crippen LogP) is 0.646. The first-order valence-electron chi connectivity index (χ1n) is 3.47. The maximum atomic E-state index is 10.8. The molecule has 0 N–H and O–H groups in total. The summed E-state index contributed by atoms with van der Waals surface area (Å²) in [5.41, 5.74) is -0.174. The first kappa shape index (κ1) is 10.7. The molecule has 66 valence electrons. The lowest BCUT2D eigenvalue weighted by molar-refractivity contribution is -0.138. The van der Waals surface area contributed by atoms with Crippen LogP contribution < -0.4 is 0 Å². The number of esters is 1. The van der Waals surface area contributed by atoms with Crippen molar-refractivity contribution in [2.24, 2.45) is 0 Å². The van der Waals surface area contributed by atoms with Crippen molar-refractivity contribution in [1.29, 1.82) is 5.26 Å². The van der Waals surface area contributed by atoms with Gasteiger partial charge in [0.1, 0.15) is 11.6 Å². The SMILES string of the molecule is C=C(C#N)C(=O)OCCCOC. The van der Waals surface area contributed by atoms with Crippen LogP contribution in [0.2, 0.25) is 0 Å². The van der Waals surface area contributed by atoms with Gasteiger partial charge in [-0.3, -0.25) is 0 Å². The van der Waals surface area contributed by atoms with Crippen LogP contribution in [0.15, 0.2) is 12.2 Å². The van der Waals surface area contributed by atoms with Crippen LogP contribution in [0.25, 0.3) is 0 Å². The number of rotatable bonds is 5. The van der Waals surface area contributed by atoms with E-state index < -0.39 is 5.97 Å². The molecule has 0 radical (unpaired) electrons. The van der Waals surface area contributed by atoms with Gasteiger partial charge < -0.3 is 9.47 Å². The highest BCUT2D eigenvalue weighted by molar-refractivity contribution is 5.91. The molecule has 0 saturated carbocycles. The zero-order valence-corrected chi connectivity index (χ0v) is 7.00. The second-order valence-electron chi connectivity index (χ2n) is 2.07. The van der Waals surface area contributed by atoms with E-state index in [2.05, 4.69) is 11.3 Å². The Kier molecular flexibility index (Phi) is 5.66. The van der Waals surface area contributed by atoms with E-state index in [0.29, 0.717) is 13.0 Å². The Morgan fingerprint density at radius 1 is 1.58 bits per heavy atom. The molecule has 0 heterocycles. The van der Waals surface area contributed by atoms with Crippen LogP contribution in [0.5, 0.6) is 0 Å². The summed E-state index contributed by atoms with van der Waals surface area (Å²) in [6, 6.07) is 1.61. The zero-order valence-electron chi connectivity index (χ0n) is 7.00. The summed E-state index contributed by atoms with van der Waals surface area (Å²) in [5.74, 6) is -0.659. The molecule has 0 unspecified atom stereocenters. The van der Waals surface area contributed by atoms with Crippen molar-refractivity contribution < 1.29 is 14.3 Å². The lowest BCUT2D eigenvalue weighted by Gasteiger charge is -2.01. The highest BCUT2D eigenvalue weighted by Gasteiger charge is 2.05. The fourth-order valence-electron chi connectivity index (χ4n) is 0.501. The zero-order chi connectivity index (χ0) is 9.40. The Balaban J connectivity index is 3.46. The van der Waals surface area contributed by atoms with Gasteiger partial charge in [0.15, 0.2) is 0 Å². The van der Waals surface area contributed by atoms with Crippen molar-refractivity contribution in [3.8, 4) is 6.07 Å². The number of carbonyl (C=O) groups excluding carboxylic acids is 1. The summed E-state index contributed by atoms with van der Waals surface area (Å²) in [5, 5.41) is 8.23. The summed E-state index contributed by atoms with van der Waals surface area (Å²) >= 11 is 0. The first-order valence-corrected chi connectivity index (χ1v) is 3.47. The van der Waals surface area contributed by atoms with E-state index in [9.17, 15) is 4.79 Å². The maximum Gasteiger partial charge on any atom is 0.348 e. The summed E-state index contributed by atoms with van der Waals surface area (Å²) in [6.45, 7) is 4.00. The molecule has 12 heavy (non-hydrogen) atoms. The maximum absolute atomic E-state index is 10.8. The second kappa shape index (κ2) is 6.38. The molecular formula is C8H11NO3. The summed E-state index contributed by atoms with van der Waals surface area (Å²) in [4.78, 5) is 10.8. The van der Waals surface area contributed by atoms with Crippen LogP contribution in [0.4, 0.5) is 0 Å². The third-order valence-corrected chi connectivity index (χ3v) is 1.11. The number of methoxy groups -OCH3 is 1. The molecule has 0 atom stereocenters. The van der Waals surface area contributed by atoms with Crippen LogP contribution >= 0.6 is 0 Å². The average molecular weight is 169 g/mol. The van der Waals surface area contributed by atoms with E-state index in [1.807, 2.05) is 0 Å². The Labute approximate surface area is 71.4 Å². The third kappa shape index (κ3) is 4.47. The van der Waals surface area contributed by atoms with E-state index in [-0.39, 0.29) is 12.2 Å². The first-order chi connectivity index (χ1) is 5.72. The van der Waals surface area contributed by atoms with Gasteiger partial charge in [0.05, 0.1) is 6.61 Å². The van der Waals surface area contributed by atoms with Crippen LogP contribution in [0.1, 0.15) is 6.42 Å². The lowest BCUT2D eigenvalue weighted by atomic mass is 10.3. The quantitative estimate of drug-likeness (QED) is 0.262. The fraction of sp³-hybridized carbons (Fsp3) is 0.500. The van der Waals surface area contributed by atoms with Crippen molar-refractivity contribution in [1.82, 2.24) is 0 Å². The normalized spacial score (nSPS) is 8.67. The molecule has 0 aromatic carbocycles. The van der Waals surface area contributed by atoms with Gasteiger partial charge in [-0.15, -0.1) is 0 Å². The summed E-state index contributed by atoms with van der Waals surface area (Å²) in [6.07, 6.45) is 0.626. The van der Waals surface area contributed by atoms with Gasteiger partial charge in [-0.25, -0.2) is 4.79 Å². The highest BCUT2D eigenvalue weighted by atomic mass is 16.5. The van der Waals surface area contributed by atoms with Gasteiger partial charge in [0, 0.05) is 20.1 Å². The molecule has 0 spiro atoms. The number of ether oxygens (including phenoxy) is 2. The van der Waals surface area contributed by atoms with E-state index in [1.54, 1.807) is 13.2 Å². The molecule has 0 aromatic heterocycles. The van der Waals surface area contributed by atoms with Crippen molar-refractivity contribution in [2.75, 3.05) is 20.3 Å². The van der Waals surface area contributed by atoms with Gasteiger partial charge in [-0.2, -0.15) is 5.26 Å². The predicted molar refractivity (Wildman–Crippen MR) is 42.2 cm³/mol.